The fourth-order valence-electron chi connectivity index (χ4n) is 3.45. The zero-order valence-electron chi connectivity index (χ0n) is 15.3. The lowest BCUT2D eigenvalue weighted by atomic mass is 10.2. The summed E-state index contributed by atoms with van der Waals surface area (Å²) in [6, 6.07) is 9.86. The number of likely N-dealkylation sites (N-methyl/N-ethyl adjacent to an activating group) is 1. The molecule has 1 amide bonds. The average Bonchev–Trinajstić information content (AvgIpc) is 3.35. The van der Waals surface area contributed by atoms with Gasteiger partial charge in [-0.15, -0.1) is 0 Å². The molecular formula is C21H22FN3O2. The molecule has 1 saturated heterocycles. The highest BCUT2D eigenvalue weighted by molar-refractivity contribution is 5.94. The second-order valence-corrected chi connectivity index (χ2v) is 6.80. The van der Waals surface area contributed by atoms with Gasteiger partial charge in [-0.1, -0.05) is 0 Å². The number of imidazole rings is 1. The molecule has 2 aromatic heterocycles. The lowest BCUT2D eigenvalue weighted by Crippen LogP contribution is -2.37. The van der Waals surface area contributed by atoms with Crippen LogP contribution in [0.1, 0.15) is 30.1 Å². The quantitative estimate of drug-likeness (QED) is 0.689. The Morgan fingerprint density at radius 3 is 2.78 bits per heavy atom. The lowest BCUT2D eigenvalue weighted by molar-refractivity contribution is 0.0539. The van der Waals surface area contributed by atoms with Crippen LogP contribution >= 0.6 is 0 Å². The number of carbonyl (C=O) groups excluding carboxylic acids is 1. The molecule has 1 aliphatic heterocycles. The van der Waals surface area contributed by atoms with Crippen LogP contribution < -0.4 is 0 Å². The fraction of sp³-hybridized carbons (Fsp3) is 0.333. The SMILES string of the molecule is CCN(C[C@H]1CCCO1)C(=O)c1ccc2nc(-c3ccc(F)cc3)cn2c1. The molecule has 140 valence electrons. The first-order valence-electron chi connectivity index (χ1n) is 9.29. The third-order valence-corrected chi connectivity index (χ3v) is 4.95. The van der Waals surface area contributed by atoms with Crippen LogP contribution in [0.15, 0.2) is 48.8 Å². The molecule has 1 aliphatic rings. The Balaban J connectivity index is 1.58. The summed E-state index contributed by atoms with van der Waals surface area (Å²) < 4.78 is 20.6. The first kappa shape index (κ1) is 17.7. The van der Waals surface area contributed by atoms with E-state index in [0.29, 0.717) is 18.7 Å². The number of benzene rings is 1. The second-order valence-electron chi connectivity index (χ2n) is 6.80. The minimum Gasteiger partial charge on any atom is -0.376 e. The van der Waals surface area contributed by atoms with Gasteiger partial charge in [0.25, 0.3) is 5.91 Å². The molecule has 3 aromatic rings. The van der Waals surface area contributed by atoms with Crippen LogP contribution in [0.25, 0.3) is 16.9 Å². The number of ether oxygens (including phenoxy) is 1. The van der Waals surface area contributed by atoms with Crippen molar-refractivity contribution in [1.29, 1.82) is 0 Å². The fourth-order valence-corrected chi connectivity index (χ4v) is 3.45. The maximum Gasteiger partial charge on any atom is 0.255 e. The Hall–Kier alpha value is -2.73. The monoisotopic (exact) mass is 367 g/mol. The van der Waals surface area contributed by atoms with Crippen LogP contribution in [0, 0.1) is 5.82 Å². The Morgan fingerprint density at radius 1 is 1.26 bits per heavy atom. The van der Waals surface area contributed by atoms with E-state index < -0.39 is 0 Å². The van der Waals surface area contributed by atoms with Gasteiger partial charge >= 0.3 is 0 Å². The van der Waals surface area contributed by atoms with Gasteiger partial charge < -0.3 is 14.0 Å². The standard InChI is InChI=1S/C21H22FN3O2/c1-2-24(13-18-4-3-11-27-18)21(26)16-7-10-20-23-19(14-25(20)12-16)15-5-8-17(22)9-6-15/h5-10,12,14,18H,2-4,11,13H2,1H3/t18-/m1/s1. The molecule has 1 fully saturated rings. The van der Waals surface area contributed by atoms with Gasteiger partial charge in [0.15, 0.2) is 0 Å². The molecule has 0 spiro atoms. The predicted octanol–water partition coefficient (Wildman–Crippen LogP) is 3.78. The maximum atomic E-state index is 13.1. The molecule has 1 atom stereocenters. The smallest absolute Gasteiger partial charge is 0.255 e. The van der Waals surface area contributed by atoms with Crippen molar-refractivity contribution in [3.63, 3.8) is 0 Å². The van der Waals surface area contributed by atoms with Crippen LogP contribution in [0.3, 0.4) is 0 Å². The molecule has 0 N–H and O–H groups in total. The zero-order valence-corrected chi connectivity index (χ0v) is 15.3. The molecule has 1 aromatic carbocycles. The van der Waals surface area contributed by atoms with Crippen molar-refractivity contribution in [3.8, 4) is 11.3 Å². The highest BCUT2D eigenvalue weighted by Crippen LogP contribution is 2.21. The molecule has 27 heavy (non-hydrogen) atoms. The molecular weight excluding hydrogens is 345 g/mol. The van der Waals surface area contributed by atoms with Gasteiger partial charge in [-0.3, -0.25) is 4.79 Å². The van der Waals surface area contributed by atoms with Gasteiger partial charge in [-0.2, -0.15) is 0 Å². The van der Waals surface area contributed by atoms with Crippen molar-refractivity contribution in [1.82, 2.24) is 14.3 Å². The minimum absolute atomic E-state index is 0.00747. The Kier molecular flexibility index (Phi) is 4.90. The summed E-state index contributed by atoms with van der Waals surface area (Å²) in [4.78, 5) is 19.3. The van der Waals surface area contributed by atoms with Crippen LogP contribution in [0.2, 0.25) is 0 Å². The van der Waals surface area contributed by atoms with Crippen LogP contribution in [0.4, 0.5) is 4.39 Å². The molecule has 0 unspecified atom stereocenters. The van der Waals surface area contributed by atoms with Crippen molar-refractivity contribution in [2.45, 2.75) is 25.9 Å². The van der Waals surface area contributed by atoms with E-state index >= 15 is 0 Å². The van der Waals surface area contributed by atoms with E-state index in [1.807, 2.05) is 28.5 Å². The first-order valence-corrected chi connectivity index (χ1v) is 9.29. The van der Waals surface area contributed by atoms with Crippen LogP contribution in [-0.2, 0) is 4.74 Å². The number of halogens is 1. The van der Waals surface area contributed by atoms with E-state index in [9.17, 15) is 9.18 Å². The largest absolute Gasteiger partial charge is 0.376 e. The van der Waals surface area contributed by atoms with Crippen LogP contribution in [-0.4, -0.2) is 46.0 Å². The van der Waals surface area contributed by atoms with Crippen LogP contribution in [0.5, 0.6) is 0 Å². The topological polar surface area (TPSA) is 46.8 Å². The summed E-state index contributed by atoms with van der Waals surface area (Å²) in [6.45, 7) is 4.03. The molecule has 0 aliphatic carbocycles. The van der Waals surface area contributed by atoms with Crippen molar-refractivity contribution in [3.05, 3.63) is 60.2 Å². The van der Waals surface area contributed by atoms with Gasteiger partial charge in [0.1, 0.15) is 11.5 Å². The van der Waals surface area contributed by atoms with E-state index in [1.54, 1.807) is 24.4 Å². The predicted molar refractivity (Wildman–Crippen MR) is 101 cm³/mol. The highest BCUT2D eigenvalue weighted by atomic mass is 19.1. The number of rotatable bonds is 5. The highest BCUT2D eigenvalue weighted by Gasteiger charge is 2.22. The third kappa shape index (κ3) is 3.71. The molecule has 0 bridgehead atoms. The van der Waals surface area contributed by atoms with Gasteiger partial charge in [-0.25, -0.2) is 9.37 Å². The lowest BCUT2D eigenvalue weighted by Gasteiger charge is -2.24. The number of amides is 1. The number of nitrogens with zero attached hydrogens (tertiary/aromatic N) is 3. The Labute approximate surface area is 157 Å². The molecule has 5 nitrogen and oxygen atoms in total. The summed E-state index contributed by atoms with van der Waals surface area (Å²) in [5, 5.41) is 0. The molecule has 3 heterocycles. The number of fused-ring (bicyclic) bond motifs is 1. The summed E-state index contributed by atoms with van der Waals surface area (Å²) in [5.74, 6) is -0.284. The summed E-state index contributed by atoms with van der Waals surface area (Å²) in [7, 11) is 0. The summed E-state index contributed by atoms with van der Waals surface area (Å²) in [6.07, 6.45) is 5.86. The molecule has 6 heteroatoms. The van der Waals surface area contributed by atoms with E-state index in [1.165, 1.54) is 12.1 Å². The zero-order chi connectivity index (χ0) is 18.8. The second kappa shape index (κ2) is 7.48. The van der Waals surface area contributed by atoms with Gasteiger partial charge in [0.2, 0.25) is 0 Å². The van der Waals surface area contributed by atoms with Crippen molar-refractivity contribution >= 4 is 11.6 Å². The average molecular weight is 367 g/mol. The van der Waals surface area contributed by atoms with E-state index in [2.05, 4.69) is 4.98 Å². The number of hydrogen-bond donors (Lipinski definition) is 0. The van der Waals surface area contributed by atoms with Gasteiger partial charge in [-0.05, 0) is 56.2 Å². The van der Waals surface area contributed by atoms with E-state index in [-0.39, 0.29) is 17.8 Å². The van der Waals surface area contributed by atoms with Crippen molar-refractivity contribution in [2.75, 3.05) is 19.7 Å². The van der Waals surface area contributed by atoms with E-state index in [4.69, 9.17) is 4.74 Å². The molecule has 0 radical (unpaired) electrons. The third-order valence-electron chi connectivity index (χ3n) is 4.95. The van der Waals surface area contributed by atoms with Gasteiger partial charge in [0.05, 0.1) is 17.4 Å². The summed E-state index contributed by atoms with van der Waals surface area (Å²) in [5.41, 5.74) is 2.94. The minimum atomic E-state index is -0.277. The van der Waals surface area contributed by atoms with Crippen molar-refractivity contribution < 1.29 is 13.9 Å². The summed E-state index contributed by atoms with van der Waals surface area (Å²) >= 11 is 0. The van der Waals surface area contributed by atoms with Gasteiger partial charge in [0, 0.05) is 37.7 Å². The number of hydrogen-bond acceptors (Lipinski definition) is 3. The first-order chi connectivity index (χ1) is 13.1. The molecule has 0 saturated carbocycles. The Morgan fingerprint density at radius 2 is 2.07 bits per heavy atom. The van der Waals surface area contributed by atoms with E-state index in [0.717, 1.165) is 36.4 Å². The molecule has 4 rings (SSSR count). The number of aromatic nitrogens is 2. The number of carbonyl (C=O) groups is 1. The Bertz CT molecular complexity index is 946. The van der Waals surface area contributed by atoms with Crippen molar-refractivity contribution in [2.24, 2.45) is 0 Å². The maximum absolute atomic E-state index is 13.1. The normalized spacial score (nSPS) is 16.7. The number of pyridine rings is 1.